The van der Waals surface area contributed by atoms with Gasteiger partial charge in [-0.15, -0.1) is 0 Å². The molecule has 3 heterocycles. The van der Waals surface area contributed by atoms with Crippen molar-refractivity contribution in [2.75, 3.05) is 91.3 Å². The third-order valence-corrected chi connectivity index (χ3v) is 10.1. The molecule has 1 aliphatic heterocycles. The fourth-order valence-electron chi connectivity index (χ4n) is 6.59. The molecule has 1 fully saturated rings. The van der Waals surface area contributed by atoms with Gasteiger partial charge in [0.1, 0.15) is 23.3 Å². The average molecular weight is 879 g/mol. The third kappa shape index (κ3) is 14.7. The highest BCUT2D eigenvalue weighted by molar-refractivity contribution is 6.13. The van der Waals surface area contributed by atoms with E-state index in [-0.39, 0.29) is 55.5 Å². The Labute approximate surface area is 370 Å². The van der Waals surface area contributed by atoms with Crippen molar-refractivity contribution >= 4 is 52.4 Å². The molecule has 19 heteroatoms. The van der Waals surface area contributed by atoms with Crippen LogP contribution < -0.4 is 11.1 Å². The summed E-state index contributed by atoms with van der Waals surface area (Å²) in [6, 6.07) is 3.36. The summed E-state index contributed by atoms with van der Waals surface area (Å²) in [7, 11) is 5.35. The minimum absolute atomic E-state index is 0.0174. The largest absolute Gasteiger partial charge is 0.443 e. The second-order valence-electron chi connectivity index (χ2n) is 17.8. The number of nitrogens with zero attached hydrogens (tertiary/aromatic N) is 8. The second kappa shape index (κ2) is 22.1. The van der Waals surface area contributed by atoms with Crippen LogP contribution >= 0.6 is 0 Å². The minimum Gasteiger partial charge on any atom is -0.443 e. The van der Waals surface area contributed by atoms with Gasteiger partial charge in [-0.2, -0.15) is 5.10 Å². The Morgan fingerprint density at radius 2 is 1.52 bits per heavy atom. The van der Waals surface area contributed by atoms with Crippen molar-refractivity contribution in [1.82, 2.24) is 39.3 Å². The van der Waals surface area contributed by atoms with Crippen LogP contribution in [0.3, 0.4) is 0 Å². The first-order valence-corrected chi connectivity index (χ1v) is 21.2. The fourth-order valence-corrected chi connectivity index (χ4v) is 6.59. The van der Waals surface area contributed by atoms with E-state index in [2.05, 4.69) is 15.3 Å². The number of likely N-dealkylation sites (tertiary alicyclic amines) is 1. The molecule has 2 aromatic heterocycles. The number of carbonyl (C=O) groups excluding carboxylic acids is 5. The SMILES string of the molecule is Cc1c(CC(=O)N(C)C)ccc(NC(=O)c2nn([C@@H]3CCCN(C(=O)/C=C/CN(C)CCOCCOCCN(C(=O)OC(C)(C)C)C(=O)OC(C)(C)C)C3)c3ncnc(N)c23)c1C. The molecule has 0 unspecified atom stereocenters. The monoisotopic (exact) mass is 879 g/mol. The lowest BCUT2D eigenvalue weighted by Gasteiger charge is -2.32. The fraction of sp³-hybridized carbons (Fsp3) is 0.591. The normalized spacial score (nSPS) is 14.6. The Balaban J connectivity index is 1.25. The number of benzene rings is 1. The second-order valence-corrected chi connectivity index (χ2v) is 17.8. The highest BCUT2D eigenvalue weighted by Gasteiger charge is 2.32. The zero-order valence-electron chi connectivity index (χ0n) is 38.8. The van der Waals surface area contributed by atoms with Gasteiger partial charge >= 0.3 is 12.2 Å². The molecule has 1 saturated heterocycles. The highest BCUT2D eigenvalue weighted by atomic mass is 16.6. The van der Waals surface area contributed by atoms with Crippen molar-refractivity contribution in [1.29, 1.82) is 0 Å². The summed E-state index contributed by atoms with van der Waals surface area (Å²) >= 11 is 0. The molecule has 3 N–H and O–H groups in total. The van der Waals surface area contributed by atoms with E-state index in [1.807, 2.05) is 37.9 Å². The highest BCUT2D eigenvalue weighted by Crippen LogP contribution is 2.30. The molecule has 19 nitrogen and oxygen atoms in total. The van der Waals surface area contributed by atoms with Gasteiger partial charge in [0.2, 0.25) is 11.8 Å². The Morgan fingerprint density at radius 3 is 2.14 bits per heavy atom. The summed E-state index contributed by atoms with van der Waals surface area (Å²) in [5.41, 5.74) is 8.43. The third-order valence-electron chi connectivity index (χ3n) is 10.1. The van der Waals surface area contributed by atoms with Gasteiger partial charge in [0.15, 0.2) is 11.3 Å². The Bertz CT molecular complexity index is 2090. The summed E-state index contributed by atoms with van der Waals surface area (Å²) in [6.07, 6.45) is 4.79. The van der Waals surface area contributed by atoms with E-state index in [0.29, 0.717) is 62.5 Å². The number of likely N-dealkylation sites (N-methyl/N-ethyl adjacent to an activating group) is 2. The topological polar surface area (TPSA) is 217 Å². The van der Waals surface area contributed by atoms with Crippen molar-refractivity contribution in [3.63, 3.8) is 0 Å². The molecule has 1 aromatic carbocycles. The van der Waals surface area contributed by atoms with Crippen molar-refractivity contribution in [3.05, 3.63) is 53.0 Å². The Kier molecular flexibility index (Phi) is 17.5. The van der Waals surface area contributed by atoms with E-state index in [0.717, 1.165) is 28.0 Å². The molecular weight excluding hydrogens is 813 g/mol. The van der Waals surface area contributed by atoms with Gasteiger partial charge in [-0.1, -0.05) is 12.1 Å². The number of nitrogens with one attached hydrogen (secondary N) is 1. The first-order chi connectivity index (χ1) is 29.6. The van der Waals surface area contributed by atoms with Gasteiger partial charge in [-0.25, -0.2) is 29.1 Å². The number of fused-ring (bicyclic) bond motifs is 1. The van der Waals surface area contributed by atoms with E-state index >= 15 is 0 Å². The van der Waals surface area contributed by atoms with Gasteiger partial charge in [0.05, 0.1) is 50.8 Å². The van der Waals surface area contributed by atoms with Crippen LogP contribution in [0, 0.1) is 13.8 Å². The molecule has 346 valence electrons. The van der Waals surface area contributed by atoms with Crippen LogP contribution in [0.25, 0.3) is 11.0 Å². The maximum absolute atomic E-state index is 13.8. The molecule has 1 atom stereocenters. The summed E-state index contributed by atoms with van der Waals surface area (Å²) in [4.78, 5) is 79.6. The number of nitrogen functional groups attached to an aromatic ring is 1. The summed E-state index contributed by atoms with van der Waals surface area (Å²) in [6.45, 7) is 17.2. The zero-order valence-corrected chi connectivity index (χ0v) is 38.8. The van der Waals surface area contributed by atoms with Crippen molar-refractivity contribution in [2.45, 2.75) is 91.9 Å². The number of anilines is 2. The van der Waals surface area contributed by atoms with Crippen LogP contribution in [0.2, 0.25) is 0 Å². The maximum atomic E-state index is 13.8. The van der Waals surface area contributed by atoms with E-state index in [9.17, 15) is 24.0 Å². The molecule has 0 saturated carbocycles. The lowest BCUT2D eigenvalue weighted by atomic mass is 9.98. The molecule has 0 aliphatic carbocycles. The van der Waals surface area contributed by atoms with Crippen LogP contribution in [0.1, 0.15) is 87.6 Å². The number of carbonyl (C=O) groups is 5. The van der Waals surface area contributed by atoms with E-state index < -0.39 is 29.3 Å². The van der Waals surface area contributed by atoms with Gasteiger partial charge < -0.3 is 44.7 Å². The number of piperidine rings is 1. The van der Waals surface area contributed by atoms with Gasteiger partial charge in [-0.05, 0) is 98.0 Å². The number of amides is 5. The van der Waals surface area contributed by atoms with Gasteiger partial charge in [0, 0.05) is 52.0 Å². The van der Waals surface area contributed by atoms with E-state index in [1.165, 1.54) is 6.33 Å². The van der Waals surface area contributed by atoms with E-state index in [1.54, 1.807) is 82.3 Å². The summed E-state index contributed by atoms with van der Waals surface area (Å²) in [5, 5.41) is 8.04. The molecule has 0 bridgehead atoms. The molecule has 1 aliphatic rings. The van der Waals surface area contributed by atoms with Gasteiger partial charge in [-0.3, -0.25) is 14.4 Å². The lowest BCUT2D eigenvalue weighted by molar-refractivity contribution is -0.128. The smallest absolute Gasteiger partial charge is 0.419 e. The lowest BCUT2D eigenvalue weighted by Crippen LogP contribution is -2.45. The number of imide groups is 1. The van der Waals surface area contributed by atoms with Crippen molar-refractivity contribution < 1.29 is 42.9 Å². The molecular formula is C44H66N10O9. The number of rotatable bonds is 17. The number of nitrogens with two attached hydrogens (primary N) is 1. The van der Waals surface area contributed by atoms with Crippen LogP contribution in [-0.2, 0) is 35.0 Å². The molecule has 0 radical (unpaired) electrons. The first kappa shape index (κ1) is 50.0. The number of hydrogen-bond acceptors (Lipinski definition) is 14. The van der Waals surface area contributed by atoms with E-state index in [4.69, 9.17) is 29.8 Å². The summed E-state index contributed by atoms with van der Waals surface area (Å²) < 4.78 is 23.7. The average Bonchev–Trinajstić information content (AvgIpc) is 3.60. The minimum atomic E-state index is -0.807. The number of hydrogen-bond donors (Lipinski definition) is 2. The summed E-state index contributed by atoms with van der Waals surface area (Å²) in [5.74, 6) is -0.508. The van der Waals surface area contributed by atoms with Crippen LogP contribution in [0.5, 0.6) is 0 Å². The molecule has 63 heavy (non-hydrogen) atoms. The van der Waals surface area contributed by atoms with Gasteiger partial charge in [0.25, 0.3) is 5.91 Å². The Hall–Kier alpha value is -5.66. The molecule has 4 rings (SSSR count). The van der Waals surface area contributed by atoms with Crippen molar-refractivity contribution in [2.24, 2.45) is 0 Å². The molecule has 0 spiro atoms. The van der Waals surface area contributed by atoms with Crippen LogP contribution in [-0.4, -0.2) is 161 Å². The Morgan fingerprint density at radius 1 is 0.889 bits per heavy atom. The maximum Gasteiger partial charge on any atom is 0.419 e. The molecule has 5 amide bonds. The standard InChI is InChI=1S/C44H66N10O9/c1-29-30(2)33(17-16-31(29)26-35(56)50(9)10)48-40(57)37-36-38(45)46-28-47-39(36)54(49-37)32-14-12-19-52(27-32)34(55)15-13-18-51(11)20-22-60-24-25-61-23-21-53(41(58)62-43(3,4)5)42(59)63-44(6,7)8/h13,15-17,28,32H,12,14,18-27H2,1-11H3,(H,48,57)(H2,45,46,47)/b15-13+/t32-/m1/s1. The zero-order chi connectivity index (χ0) is 46.6. The number of ether oxygens (including phenoxy) is 4. The molecule has 3 aromatic rings. The van der Waals surface area contributed by atoms with Crippen LogP contribution in [0.4, 0.5) is 21.1 Å². The van der Waals surface area contributed by atoms with Crippen LogP contribution in [0.15, 0.2) is 30.6 Å². The predicted octanol–water partition coefficient (Wildman–Crippen LogP) is 4.77. The van der Waals surface area contributed by atoms with Crippen molar-refractivity contribution in [3.8, 4) is 0 Å². The quantitative estimate of drug-likeness (QED) is 0.138. The number of aromatic nitrogens is 4. The predicted molar refractivity (Wildman–Crippen MR) is 238 cm³/mol. The first-order valence-electron chi connectivity index (χ1n) is 21.2.